The monoisotopic (exact) mass is 264 g/mol. The molecule has 19 heavy (non-hydrogen) atoms. The Balaban J connectivity index is 2.34. The van der Waals surface area contributed by atoms with E-state index in [0.29, 0.717) is 5.56 Å². The second-order valence-corrected chi connectivity index (χ2v) is 4.31. The van der Waals surface area contributed by atoms with E-state index in [2.05, 4.69) is 10.1 Å². The number of fused-ring (bicyclic) bond motifs is 1. The Kier molecular flexibility index (Phi) is 3.71. The minimum absolute atomic E-state index is 0.240. The number of rotatable bonds is 3. The average molecular weight is 264 g/mol. The second-order valence-electron chi connectivity index (χ2n) is 4.31. The zero-order valence-electron chi connectivity index (χ0n) is 10.9. The lowest BCUT2D eigenvalue weighted by Gasteiger charge is -2.19. The summed E-state index contributed by atoms with van der Waals surface area (Å²) in [6.45, 7) is 2.39. The first kappa shape index (κ1) is 13.4. The van der Waals surface area contributed by atoms with Gasteiger partial charge in [0.15, 0.2) is 0 Å². The molecule has 0 unspecified atom stereocenters. The number of hydrogen-bond donors (Lipinski definition) is 2. The van der Waals surface area contributed by atoms with E-state index in [1.807, 2.05) is 6.92 Å². The van der Waals surface area contributed by atoms with Crippen LogP contribution in [0.3, 0.4) is 0 Å². The van der Waals surface area contributed by atoms with Crippen LogP contribution in [0.4, 0.5) is 4.79 Å². The Bertz CT molecular complexity index is 528. The fourth-order valence-electron chi connectivity index (χ4n) is 2.21. The molecule has 0 fully saturated rings. The number of benzene rings is 1. The topological polar surface area (TPSA) is 90.7 Å². The van der Waals surface area contributed by atoms with Crippen LogP contribution in [0.15, 0.2) is 12.1 Å². The van der Waals surface area contributed by atoms with Crippen molar-refractivity contribution in [3.8, 4) is 0 Å². The molecule has 0 aromatic heterocycles. The van der Waals surface area contributed by atoms with Gasteiger partial charge >= 0.3 is 12.1 Å². The van der Waals surface area contributed by atoms with E-state index in [4.69, 9.17) is 10.5 Å². The summed E-state index contributed by atoms with van der Waals surface area (Å²) in [4.78, 5) is 22.7. The molecule has 3 N–H and O–H groups in total. The van der Waals surface area contributed by atoms with Crippen molar-refractivity contribution >= 4 is 12.1 Å². The Morgan fingerprint density at radius 1 is 1.58 bits per heavy atom. The maximum absolute atomic E-state index is 11.5. The fourth-order valence-corrected chi connectivity index (χ4v) is 2.21. The third-order valence-electron chi connectivity index (χ3n) is 3.30. The normalized spacial score (nSPS) is 14.6. The minimum atomic E-state index is -0.539. The molecule has 1 aromatic carbocycles. The number of methoxy groups -OCH3 is 1. The van der Waals surface area contributed by atoms with Crippen molar-refractivity contribution in [2.75, 3.05) is 13.7 Å². The summed E-state index contributed by atoms with van der Waals surface area (Å²) >= 11 is 0. The number of nitrogens with two attached hydrogens (primary N) is 1. The summed E-state index contributed by atoms with van der Waals surface area (Å²) in [7, 11) is 1.30. The molecule has 0 aliphatic carbocycles. The molecule has 1 aliphatic heterocycles. The number of nitrogens with one attached hydrogen (secondary N) is 1. The van der Waals surface area contributed by atoms with Crippen LogP contribution in [0.5, 0.6) is 0 Å². The number of hydrogen-bond acceptors (Lipinski definition) is 5. The molecule has 6 nitrogen and oxygen atoms in total. The smallest absolute Gasteiger partial charge is 0.407 e. The van der Waals surface area contributed by atoms with Crippen molar-refractivity contribution in [2.45, 2.75) is 19.6 Å². The SMILES string of the molecule is COC(=O)N[C@@H](CN)c1ccc2c(c1C)COC2=O. The highest BCUT2D eigenvalue weighted by Crippen LogP contribution is 2.28. The zero-order valence-corrected chi connectivity index (χ0v) is 10.9. The third-order valence-corrected chi connectivity index (χ3v) is 3.30. The second kappa shape index (κ2) is 5.27. The lowest BCUT2D eigenvalue weighted by Crippen LogP contribution is -2.33. The number of esters is 1. The number of amides is 1. The first-order valence-electron chi connectivity index (χ1n) is 5.92. The lowest BCUT2D eigenvalue weighted by molar-refractivity contribution is 0.0535. The highest BCUT2D eigenvalue weighted by molar-refractivity contribution is 5.94. The zero-order chi connectivity index (χ0) is 14.0. The molecule has 1 amide bonds. The summed E-state index contributed by atoms with van der Waals surface area (Å²) in [5.74, 6) is -0.310. The highest BCUT2D eigenvalue weighted by atomic mass is 16.5. The highest BCUT2D eigenvalue weighted by Gasteiger charge is 2.26. The number of carbonyl (C=O) groups is 2. The molecule has 0 bridgehead atoms. The van der Waals surface area contributed by atoms with Crippen LogP contribution in [0.1, 0.15) is 33.1 Å². The predicted octanol–water partition coefficient (Wildman–Crippen LogP) is 1.02. The maximum Gasteiger partial charge on any atom is 0.407 e. The standard InChI is InChI=1S/C13H16N2O4/c1-7-8(11(5-14)15-13(17)18-2)3-4-9-10(7)6-19-12(9)16/h3-4,11H,5-6,14H2,1-2H3,(H,15,17)/t11-/m0/s1. The Morgan fingerprint density at radius 2 is 2.32 bits per heavy atom. The summed E-state index contributed by atoms with van der Waals surface area (Å²) in [5, 5.41) is 2.66. The number of ether oxygens (including phenoxy) is 2. The molecule has 1 aliphatic rings. The molecule has 0 saturated heterocycles. The number of cyclic esters (lactones) is 1. The van der Waals surface area contributed by atoms with E-state index in [9.17, 15) is 9.59 Å². The van der Waals surface area contributed by atoms with Crippen molar-refractivity contribution in [1.82, 2.24) is 5.32 Å². The largest absolute Gasteiger partial charge is 0.457 e. The minimum Gasteiger partial charge on any atom is -0.457 e. The van der Waals surface area contributed by atoms with Gasteiger partial charge in [-0.3, -0.25) is 0 Å². The van der Waals surface area contributed by atoms with Crippen LogP contribution in [0, 0.1) is 6.92 Å². The third kappa shape index (κ3) is 2.39. The quantitative estimate of drug-likeness (QED) is 0.795. The fraction of sp³-hybridized carbons (Fsp3) is 0.385. The lowest BCUT2D eigenvalue weighted by atomic mass is 9.94. The molecule has 1 atom stereocenters. The van der Waals surface area contributed by atoms with Crippen molar-refractivity contribution in [1.29, 1.82) is 0 Å². The molecule has 0 saturated carbocycles. The molecular weight excluding hydrogens is 248 g/mol. The number of carbonyl (C=O) groups excluding carboxylic acids is 2. The van der Waals surface area contributed by atoms with Gasteiger partial charge in [-0.1, -0.05) is 6.07 Å². The van der Waals surface area contributed by atoms with Crippen LogP contribution in [-0.4, -0.2) is 25.7 Å². The van der Waals surface area contributed by atoms with Gasteiger partial charge in [-0.25, -0.2) is 9.59 Å². The van der Waals surface area contributed by atoms with Crippen LogP contribution in [-0.2, 0) is 16.1 Å². The molecule has 1 aromatic rings. The first-order valence-corrected chi connectivity index (χ1v) is 5.92. The predicted molar refractivity (Wildman–Crippen MR) is 67.6 cm³/mol. The van der Waals surface area contributed by atoms with E-state index in [0.717, 1.165) is 16.7 Å². The molecule has 1 heterocycles. The summed E-state index contributed by atoms with van der Waals surface area (Å²) < 4.78 is 9.56. The summed E-state index contributed by atoms with van der Waals surface area (Å²) in [5.41, 5.74) is 8.89. The maximum atomic E-state index is 11.5. The molecular formula is C13H16N2O4. The van der Waals surface area contributed by atoms with Gasteiger partial charge < -0.3 is 20.5 Å². The van der Waals surface area contributed by atoms with Gasteiger partial charge in [0.1, 0.15) is 6.61 Å². The molecule has 0 spiro atoms. The van der Waals surface area contributed by atoms with E-state index in [1.165, 1.54) is 7.11 Å². The van der Waals surface area contributed by atoms with Crippen LogP contribution >= 0.6 is 0 Å². The molecule has 6 heteroatoms. The van der Waals surface area contributed by atoms with E-state index >= 15 is 0 Å². The summed E-state index contributed by atoms with van der Waals surface area (Å²) in [6.07, 6.45) is -0.539. The average Bonchev–Trinajstić information content (AvgIpc) is 2.79. The van der Waals surface area contributed by atoms with Crippen LogP contribution < -0.4 is 11.1 Å². The van der Waals surface area contributed by atoms with E-state index in [1.54, 1.807) is 12.1 Å². The van der Waals surface area contributed by atoms with Crippen molar-refractivity contribution < 1.29 is 19.1 Å². The summed E-state index contributed by atoms with van der Waals surface area (Å²) in [6, 6.07) is 3.14. The van der Waals surface area contributed by atoms with Gasteiger partial charge in [0.2, 0.25) is 0 Å². The molecule has 2 rings (SSSR count). The van der Waals surface area contributed by atoms with Crippen molar-refractivity contribution in [3.63, 3.8) is 0 Å². The van der Waals surface area contributed by atoms with Crippen molar-refractivity contribution in [3.05, 3.63) is 34.4 Å². The van der Waals surface area contributed by atoms with Crippen LogP contribution in [0.2, 0.25) is 0 Å². The van der Waals surface area contributed by atoms with Gasteiger partial charge in [-0.05, 0) is 24.1 Å². The Labute approximate surface area is 110 Å². The van der Waals surface area contributed by atoms with E-state index < -0.39 is 6.09 Å². The van der Waals surface area contributed by atoms with Gasteiger partial charge in [-0.2, -0.15) is 0 Å². The molecule has 102 valence electrons. The van der Waals surface area contributed by atoms with Gasteiger partial charge in [0.25, 0.3) is 0 Å². The van der Waals surface area contributed by atoms with Gasteiger partial charge in [0.05, 0.1) is 18.7 Å². The first-order chi connectivity index (χ1) is 9.08. The number of alkyl carbamates (subject to hydrolysis) is 1. The van der Waals surface area contributed by atoms with Crippen molar-refractivity contribution in [2.24, 2.45) is 5.73 Å². The Morgan fingerprint density at radius 3 is 2.95 bits per heavy atom. The van der Waals surface area contributed by atoms with E-state index in [-0.39, 0.29) is 25.2 Å². The Hall–Kier alpha value is -2.08. The van der Waals surface area contributed by atoms with Gasteiger partial charge in [-0.15, -0.1) is 0 Å². The van der Waals surface area contributed by atoms with Gasteiger partial charge in [0, 0.05) is 12.1 Å². The molecule has 0 radical (unpaired) electrons. The van der Waals surface area contributed by atoms with Crippen LogP contribution in [0.25, 0.3) is 0 Å².